The van der Waals surface area contributed by atoms with Crippen LogP contribution in [0.1, 0.15) is 0 Å². The van der Waals surface area contributed by atoms with Gasteiger partial charge in [0.1, 0.15) is 11.6 Å². The summed E-state index contributed by atoms with van der Waals surface area (Å²) >= 11 is 3.72. The van der Waals surface area contributed by atoms with E-state index >= 15 is 0 Å². The van der Waals surface area contributed by atoms with Gasteiger partial charge in [-0.2, -0.15) is 0 Å². The lowest BCUT2D eigenvalue weighted by atomic mass is 10.1. The Labute approximate surface area is 115 Å². The fourth-order valence-electron chi connectivity index (χ4n) is 2.09. The van der Waals surface area contributed by atoms with Gasteiger partial charge in [-0.3, -0.25) is 0 Å². The standard InChI is InChI=1S/C12H12BBrN4/c14-13-17(11-5-1-3-7-15-11)9-10-18(13)12-6-2-4-8-16-12/h1-8H,9-10H2. The molecule has 1 fully saturated rings. The first-order valence-electron chi connectivity index (χ1n) is 5.86. The molecule has 3 heterocycles. The number of anilines is 2. The zero-order valence-corrected chi connectivity index (χ0v) is 11.4. The number of hydrogen-bond donors (Lipinski definition) is 0. The highest BCUT2D eigenvalue weighted by Gasteiger charge is 2.36. The molecule has 2 aromatic rings. The van der Waals surface area contributed by atoms with Crippen LogP contribution < -0.4 is 9.62 Å². The number of hydrogen-bond acceptors (Lipinski definition) is 4. The van der Waals surface area contributed by atoms with E-state index in [1.165, 1.54) is 0 Å². The van der Waals surface area contributed by atoms with E-state index in [1.807, 2.05) is 48.8 Å². The van der Waals surface area contributed by atoms with Crippen molar-refractivity contribution in [3.05, 3.63) is 48.8 Å². The highest BCUT2D eigenvalue weighted by atomic mass is 79.9. The molecule has 1 aliphatic rings. The molecule has 0 radical (unpaired) electrons. The summed E-state index contributed by atoms with van der Waals surface area (Å²) in [5.41, 5.74) is 0. The second-order valence-corrected chi connectivity index (χ2v) is 4.89. The Morgan fingerprint density at radius 1 is 0.889 bits per heavy atom. The fraction of sp³-hybridized carbons (Fsp3) is 0.167. The van der Waals surface area contributed by atoms with E-state index in [-0.39, 0.29) is 5.81 Å². The molecule has 3 rings (SSSR count). The van der Waals surface area contributed by atoms with Crippen LogP contribution >= 0.6 is 15.8 Å². The highest BCUT2D eigenvalue weighted by Crippen LogP contribution is 2.25. The Balaban J connectivity index is 1.83. The van der Waals surface area contributed by atoms with Crippen LogP contribution in [-0.2, 0) is 0 Å². The Bertz CT molecular complexity index is 463. The summed E-state index contributed by atoms with van der Waals surface area (Å²) in [4.78, 5) is 13.2. The molecule has 0 amide bonds. The van der Waals surface area contributed by atoms with Gasteiger partial charge in [-0.1, -0.05) is 27.9 Å². The normalized spacial score (nSPS) is 15.3. The number of nitrogens with zero attached hydrogens (tertiary/aromatic N) is 4. The maximum atomic E-state index is 4.39. The number of pyridine rings is 2. The molecule has 0 aromatic carbocycles. The Morgan fingerprint density at radius 3 is 1.78 bits per heavy atom. The summed E-state index contributed by atoms with van der Waals surface area (Å²) < 4.78 is 0. The zero-order chi connectivity index (χ0) is 12.4. The third-order valence-electron chi connectivity index (χ3n) is 2.98. The molecule has 6 heteroatoms. The third kappa shape index (κ3) is 2.08. The average molecular weight is 303 g/mol. The van der Waals surface area contributed by atoms with Gasteiger partial charge in [-0.15, -0.1) is 0 Å². The van der Waals surface area contributed by atoms with Crippen molar-refractivity contribution in [1.29, 1.82) is 0 Å². The van der Waals surface area contributed by atoms with Crippen molar-refractivity contribution in [2.45, 2.75) is 0 Å². The first-order valence-corrected chi connectivity index (χ1v) is 6.77. The predicted molar refractivity (Wildman–Crippen MR) is 77.8 cm³/mol. The average Bonchev–Trinajstić information content (AvgIpc) is 2.83. The lowest BCUT2D eigenvalue weighted by Crippen LogP contribution is -2.39. The van der Waals surface area contributed by atoms with Crippen molar-refractivity contribution in [3.8, 4) is 0 Å². The van der Waals surface area contributed by atoms with Gasteiger partial charge in [0.05, 0.1) is 0 Å². The van der Waals surface area contributed by atoms with Gasteiger partial charge in [0, 0.05) is 25.5 Å². The Morgan fingerprint density at radius 2 is 1.39 bits per heavy atom. The lowest BCUT2D eigenvalue weighted by Gasteiger charge is -2.22. The van der Waals surface area contributed by atoms with Crippen LogP contribution in [0, 0.1) is 0 Å². The Kier molecular flexibility index (Phi) is 3.19. The van der Waals surface area contributed by atoms with Crippen molar-refractivity contribution >= 4 is 33.2 Å². The van der Waals surface area contributed by atoms with Gasteiger partial charge < -0.3 is 9.62 Å². The first kappa shape index (κ1) is 11.5. The van der Waals surface area contributed by atoms with E-state index in [0.29, 0.717) is 0 Å². The van der Waals surface area contributed by atoms with Crippen LogP contribution in [0.4, 0.5) is 11.6 Å². The summed E-state index contributed by atoms with van der Waals surface area (Å²) in [5, 5.41) is 0. The Hall–Kier alpha value is -1.56. The van der Waals surface area contributed by atoms with E-state index in [4.69, 9.17) is 0 Å². The van der Waals surface area contributed by atoms with E-state index in [9.17, 15) is 0 Å². The third-order valence-corrected chi connectivity index (χ3v) is 3.97. The van der Waals surface area contributed by atoms with Gasteiger partial charge in [0.15, 0.2) is 0 Å². The molecule has 0 spiro atoms. The van der Waals surface area contributed by atoms with Crippen LogP contribution in [0.5, 0.6) is 0 Å². The molecule has 0 saturated carbocycles. The molecule has 90 valence electrons. The summed E-state index contributed by atoms with van der Waals surface area (Å²) in [6.07, 6.45) is 3.64. The molecule has 0 atom stereocenters. The van der Waals surface area contributed by atoms with Gasteiger partial charge in [-0.05, 0) is 24.3 Å². The van der Waals surface area contributed by atoms with E-state index < -0.39 is 0 Å². The lowest BCUT2D eigenvalue weighted by molar-refractivity contribution is 0.994. The molecule has 2 aromatic heterocycles. The van der Waals surface area contributed by atoms with E-state index in [0.717, 1.165) is 24.7 Å². The molecule has 18 heavy (non-hydrogen) atoms. The molecular formula is C12H12BBrN4. The quantitative estimate of drug-likeness (QED) is 0.796. The van der Waals surface area contributed by atoms with Crippen molar-refractivity contribution < 1.29 is 0 Å². The number of aromatic nitrogens is 2. The van der Waals surface area contributed by atoms with Crippen molar-refractivity contribution in [3.63, 3.8) is 0 Å². The maximum absolute atomic E-state index is 4.39. The maximum Gasteiger partial charge on any atom is 0.458 e. The topological polar surface area (TPSA) is 32.3 Å². The minimum atomic E-state index is 0.0994. The number of rotatable bonds is 2. The summed E-state index contributed by atoms with van der Waals surface area (Å²) in [5.74, 6) is 2.07. The van der Waals surface area contributed by atoms with Crippen LogP contribution in [0.3, 0.4) is 0 Å². The van der Waals surface area contributed by atoms with Gasteiger partial charge >= 0.3 is 5.81 Å². The van der Waals surface area contributed by atoms with Gasteiger partial charge in [-0.25, -0.2) is 9.97 Å². The molecule has 1 aliphatic heterocycles. The monoisotopic (exact) mass is 302 g/mol. The van der Waals surface area contributed by atoms with Crippen molar-refractivity contribution in [1.82, 2.24) is 9.97 Å². The molecule has 0 aliphatic carbocycles. The van der Waals surface area contributed by atoms with E-state index in [1.54, 1.807) is 0 Å². The van der Waals surface area contributed by atoms with Gasteiger partial charge in [0.25, 0.3) is 0 Å². The summed E-state index contributed by atoms with van der Waals surface area (Å²) in [6.45, 7) is 1.87. The smallest absolute Gasteiger partial charge is 0.369 e. The second-order valence-electron chi connectivity index (χ2n) is 4.07. The van der Waals surface area contributed by atoms with Crippen molar-refractivity contribution in [2.24, 2.45) is 0 Å². The number of halogens is 1. The molecule has 0 unspecified atom stereocenters. The predicted octanol–water partition coefficient (Wildman–Crippen LogP) is 2.18. The summed E-state index contributed by atoms with van der Waals surface area (Å²) in [6, 6.07) is 11.9. The van der Waals surface area contributed by atoms with Crippen LogP contribution in [-0.4, -0.2) is 28.9 Å². The minimum absolute atomic E-state index is 0.0994. The van der Waals surface area contributed by atoms with Crippen molar-refractivity contribution in [2.75, 3.05) is 22.7 Å². The second kappa shape index (κ2) is 4.98. The van der Waals surface area contributed by atoms with Crippen LogP contribution in [0.2, 0.25) is 0 Å². The van der Waals surface area contributed by atoms with Gasteiger partial charge in [0.2, 0.25) is 0 Å². The largest absolute Gasteiger partial charge is 0.458 e. The molecule has 0 N–H and O–H groups in total. The van der Waals surface area contributed by atoms with Crippen LogP contribution in [0.25, 0.3) is 0 Å². The first-order chi connectivity index (χ1) is 8.86. The molecule has 4 nitrogen and oxygen atoms in total. The fourth-order valence-corrected chi connectivity index (χ4v) is 2.92. The van der Waals surface area contributed by atoms with Crippen LogP contribution in [0.15, 0.2) is 48.8 Å². The zero-order valence-electron chi connectivity index (χ0n) is 9.78. The highest BCUT2D eigenvalue weighted by molar-refractivity contribution is 9.24. The SMILES string of the molecule is BrB1N(c2ccccn2)CCN1c1ccccn1. The molecule has 0 bridgehead atoms. The molecule has 1 saturated heterocycles. The summed E-state index contributed by atoms with van der Waals surface area (Å²) in [7, 11) is 0. The molecular weight excluding hydrogens is 291 g/mol. The van der Waals surface area contributed by atoms with E-state index in [2.05, 4.69) is 35.3 Å². The minimum Gasteiger partial charge on any atom is -0.369 e.